The fourth-order valence-corrected chi connectivity index (χ4v) is 2.34. The van der Waals surface area contributed by atoms with E-state index in [0.717, 1.165) is 5.56 Å². The Kier molecular flexibility index (Phi) is 4.62. The number of anilines is 1. The van der Waals surface area contributed by atoms with Gasteiger partial charge < -0.3 is 5.32 Å². The van der Waals surface area contributed by atoms with Crippen molar-refractivity contribution in [2.75, 3.05) is 5.32 Å². The molecule has 0 spiro atoms. The highest BCUT2D eigenvalue weighted by Crippen LogP contribution is 2.29. The largest absolute Gasteiger partial charge is 0.378 e. The maximum Gasteiger partial charge on any atom is 0.285 e. The first-order valence-electron chi connectivity index (χ1n) is 5.93. The predicted octanol–water partition coefficient (Wildman–Crippen LogP) is 5.18. The number of benzene rings is 2. The van der Waals surface area contributed by atoms with Gasteiger partial charge in [0.05, 0.1) is 9.40 Å². The molecule has 1 N–H and O–H groups in total. The minimum Gasteiger partial charge on any atom is -0.378 e. The van der Waals surface area contributed by atoms with Crippen LogP contribution in [0.3, 0.4) is 0 Å². The molecular formula is C14H12BrClN2O2. The van der Waals surface area contributed by atoms with Crippen molar-refractivity contribution < 1.29 is 4.92 Å². The monoisotopic (exact) mass is 354 g/mol. The number of rotatable bonds is 4. The van der Waals surface area contributed by atoms with Crippen LogP contribution in [0.5, 0.6) is 0 Å². The molecule has 0 saturated carbocycles. The summed E-state index contributed by atoms with van der Waals surface area (Å²) < 4.78 is 0.465. The van der Waals surface area contributed by atoms with Gasteiger partial charge in [0.2, 0.25) is 0 Å². The first kappa shape index (κ1) is 14.8. The van der Waals surface area contributed by atoms with Crippen LogP contribution in [0.25, 0.3) is 0 Å². The van der Waals surface area contributed by atoms with Crippen LogP contribution in [0, 0.1) is 10.1 Å². The van der Waals surface area contributed by atoms with Gasteiger partial charge in [-0.25, -0.2) is 0 Å². The highest BCUT2D eigenvalue weighted by atomic mass is 79.9. The Morgan fingerprint density at radius 2 is 1.90 bits per heavy atom. The lowest BCUT2D eigenvalue weighted by Crippen LogP contribution is -2.06. The molecule has 2 rings (SSSR count). The van der Waals surface area contributed by atoms with E-state index in [9.17, 15) is 10.1 Å². The molecule has 0 aliphatic heterocycles. The molecule has 0 fully saturated rings. The molecule has 1 unspecified atom stereocenters. The summed E-state index contributed by atoms with van der Waals surface area (Å²) in [5.74, 6) is 0. The van der Waals surface area contributed by atoms with Crippen molar-refractivity contribution in [2.45, 2.75) is 13.0 Å². The zero-order valence-electron chi connectivity index (χ0n) is 10.6. The first-order chi connectivity index (χ1) is 9.47. The quantitative estimate of drug-likeness (QED) is 0.607. The van der Waals surface area contributed by atoms with E-state index in [1.165, 1.54) is 6.07 Å². The molecule has 1 atom stereocenters. The topological polar surface area (TPSA) is 55.2 Å². The minimum absolute atomic E-state index is 0.0213. The lowest BCUT2D eigenvalue weighted by molar-refractivity contribution is -0.385. The maximum atomic E-state index is 10.9. The number of nitrogens with zero attached hydrogens (tertiary/aromatic N) is 1. The molecule has 0 heterocycles. The number of nitro benzene ring substituents is 1. The van der Waals surface area contributed by atoms with Crippen LogP contribution in [0.2, 0.25) is 5.02 Å². The molecule has 0 aliphatic rings. The van der Waals surface area contributed by atoms with Gasteiger partial charge in [-0.2, -0.15) is 0 Å². The molecule has 0 amide bonds. The summed E-state index contributed by atoms with van der Waals surface area (Å²) in [4.78, 5) is 10.5. The van der Waals surface area contributed by atoms with Crippen molar-refractivity contribution >= 4 is 38.9 Å². The average molecular weight is 356 g/mol. The average Bonchev–Trinajstić information content (AvgIpc) is 2.41. The van der Waals surface area contributed by atoms with Gasteiger partial charge in [-0.1, -0.05) is 23.7 Å². The molecule has 20 heavy (non-hydrogen) atoms. The van der Waals surface area contributed by atoms with Crippen LogP contribution in [-0.2, 0) is 0 Å². The Labute approximate surface area is 130 Å². The smallest absolute Gasteiger partial charge is 0.285 e. The molecule has 2 aromatic rings. The number of hydrogen-bond donors (Lipinski definition) is 1. The van der Waals surface area contributed by atoms with E-state index in [4.69, 9.17) is 11.6 Å². The van der Waals surface area contributed by atoms with E-state index < -0.39 is 4.92 Å². The van der Waals surface area contributed by atoms with Gasteiger partial charge >= 0.3 is 0 Å². The summed E-state index contributed by atoms with van der Waals surface area (Å²) >= 11 is 9.02. The van der Waals surface area contributed by atoms with E-state index in [1.807, 2.05) is 31.2 Å². The van der Waals surface area contributed by atoms with E-state index in [-0.39, 0.29) is 11.7 Å². The van der Waals surface area contributed by atoms with Gasteiger partial charge in [-0.3, -0.25) is 10.1 Å². The number of halogens is 2. The van der Waals surface area contributed by atoms with Crippen LogP contribution < -0.4 is 5.32 Å². The summed E-state index contributed by atoms with van der Waals surface area (Å²) in [6, 6.07) is 12.5. The fraction of sp³-hybridized carbons (Fsp3) is 0.143. The summed E-state index contributed by atoms with van der Waals surface area (Å²) in [5, 5.41) is 14.8. The fourth-order valence-electron chi connectivity index (χ4n) is 1.83. The van der Waals surface area contributed by atoms with E-state index in [0.29, 0.717) is 15.2 Å². The molecule has 0 saturated heterocycles. The van der Waals surface area contributed by atoms with Crippen molar-refractivity contribution in [1.82, 2.24) is 0 Å². The standard InChI is InChI=1S/C14H12BrClN2O2/c1-9(10-2-4-11(16)5-3-10)17-12-6-7-13(15)14(8-12)18(19)20/h2-9,17H,1H3. The second-order valence-corrected chi connectivity index (χ2v) is 5.63. The molecule has 0 aromatic heterocycles. The number of nitrogens with one attached hydrogen (secondary N) is 1. The highest BCUT2D eigenvalue weighted by molar-refractivity contribution is 9.10. The Hall–Kier alpha value is -1.59. The van der Waals surface area contributed by atoms with Crippen molar-refractivity contribution in [2.24, 2.45) is 0 Å². The second-order valence-electron chi connectivity index (χ2n) is 4.34. The molecule has 4 nitrogen and oxygen atoms in total. The number of hydrogen-bond acceptors (Lipinski definition) is 3. The Bertz CT molecular complexity index is 632. The van der Waals surface area contributed by atoms with Crippen LogP contribution in [0.15, 0.2) is 46.9 Å². The normalized spacial score (nSPS) is 11.9. The molecule has 0 aliphatic carbocycles. The van der Waals surface area contributed by atoms with Gasteiger partial charge in [0, 0.05) is 22.8 Å². The maximum absolute atomic E-state index is 10.9. The SMILES string of the molecule is CC(Nc1ccc(Br)c([N+](=O)[O-])c1)c1ccc(Cl)cc1. The van der Waals surface area contributed by atoms with Crippen molar-refractivity contribution in [3.8, 4) is 0 Å². The molecule has 0 radical (unpaired) electrons. The minimum atomic E-state index is -0.414. The first-order valence-corrected chi connectivity index (χ1v) is 7.10. The van der Waals surface area contributed by atoms with Gasteiger partial charge in [0.1, 0.15) is 0 Å². The summed E-state index contributed by atoms with van der Waals surface area (Å²) in [5.41, 5.74) is 1.79. The molecular weight excluding hydrogens is 344 g/mol. The Morgan fingerprint density at radius 1 is 1.25 bits per heavy atom. The van der Waals surface area contributed by atoms with E-state index >= 15 is 0 Å². The summed E-state index contributed by atoms with van der Waals surface area (Å²) in [6.45, 7) is 1.98. The van der Waals surface area contributed by atoms with E-state index in [2.05, 4.69) is 21.2 Å². The van der Waals surface area contributed by atoms with Crippen molar-refractivity contribution in [3.63, 3.8) is 0 Å². The van der Waals surface area contributed by atoms with Gasteiger partial charge in [-0.15, -0.1) is 0 Å². The lowest BCUT2D eigenvalue weighted by Gasteiger charge is -2.15. The van der Waals surface area contributed by atoms with E-state index in [1.54, 1.807) is 12.1 Å². The zero-order chi connectivity index (χ0) is 14.7. The summed E-state index contributed by atoms with van der Waals surface area (Å²) in [6.07, 6.45) is 0. The molecule has 104 valence electrons. The lowest BCUT2D eigenvalue weighted by atomic mass is 10.1. The third-order valence-electron chi connectivity index (χ3n) is 2.90. The van der Waals surface area contributed by atoms with Crippen LogP contribution in [0.1, 0.15) is 18.5 Å². The van der Waals surface area contributed by atoms with Gasteiger partial charge in [0.15, 0.2) is 0 Å². The molecule has 0 bridgehead atoms. The molecule has 6 heteroatoms. The van der Waals surface area contributed by atoms with Crippen LogP contribution in [-0.4, -0.2) is 4.92 Å². The number of nitro groups is 1. The van der Waals surface area contributed by atoms with Crippen LogP contribution >= 0.6 is 27.5 Å². The van der Waals surface area contributed by atoms with Crippen molar-refractivity contribution in [1.29, 1.82) is 0 Å². The second kappa shape index (κ2) is 6.24. The third kappa shape index (κ3) is 3.49. The Morgan fingerprint density at radius 3 is 2.50 bits per heavy atom. The van der Waals surface area contributed by atoms with Crippen molar-refractivity contribution in [3.05, 3.63) is 67.6 Å². The Balaban J connectivity index is 2.19. The molecule has 2 aromatic carbocycles. The van der Waals surface area contributed by atoms with Gasteiger partial charge in [-0.05, 0) is 52.7 Å². The third-order valence-corrected chi connectivity index (χ3v) is 3.82. The highest BCUT2D eigenvalue weighted by Gasteiger charge is 2.13. The zero-order valence-corrected chi connectivity index (χ0v) is 13.0. The summed E-state index contributed by atoms with van der Waals surface area (Å²) in [7, 11) is 0. The van der Waals surface area contributed by atoms with Gasteiger partial charge in [0.25, 0.3) is 5.69 Å². The van der Waals surface area contributed by atoms with Crippen LogP contribution in [0.4, 0.5) is 11.4 Å². The predicted molar refractivity (Wildman–Crippen MR) is 84.3 cm³/mol.